The van der Waals surface area contributed by atoms with Crippen molar-refractivity contribution in [3.8, 4) is 0 Å². The fourth-order valence-electron chi connectivity index (χ4n) is 2.16. The summed E-state index contributed by atoms with van der Waals surface area (Å²) in [5, 5.41) is 14.0. The van der Waals surface area contributed by atoms with E-state index in [1.807, 2.05) is 20.8 Å². The van der Waals surface area contributed by atoms with Crippen LogP contribution in [0.15, 0.2) is 18.2 Å². The summed E-state index contributed by atoms with van der Waals surface area (Å²) in [7, 11) is 0. The second kappa shape index (κ2) is 7.06. The van der Waals surface area contributed by atoms with Gasteiger partial charge in [-0.2, -0.15) is 0 Å². The number of rotatable bonds is 6. The second-order valence-electron chi connectivity index (χ2n) is 4.92. The van der Waals surface area contributed by atoms with Gasteiger partial charge in [0.2, 0.25) is 0 Å². The number of nitrogens with one attached hydrogen (secondary N) is 2. The lowest BCUT2D eigenvalue weighted by atomic mass is 9.90. The molecule has 0 heterocycles. The number of hydrogen-bond donors (Lipinski definition) is 3. The smallest absolute Gasteiger partial charge is 0.335 e. The zero-order valence-electron chi connectivity index (χ0n) is 12.5. The molecule has 0 aliphatic heterocycles. The highest BCUT2D eigenvalue weighted by molar-refractivity contribution is 5.92. The minimum atomic E-state index is -1.22. The van der Waals surface area contributed by atoms with Crippen LogP contribution in [0.1, 0.15) is 50.4 Å². The Balaban J connectivity index is 2.82. The predicted molar refractivity (Wildman–Crippen MR) is 79.1 cm³/mol. The van der Waals surface area contributed by atoms with Gasteiger partial charge in [0.1, 0.15) is 5.82 Å². The molecule has 6 heteroatoms. The topological polar surface area (TPSA) is 78.4 Å². The van der Waals surface area contributed by atoms with E-state index in [1.165, 1.54) is 12.1 Å². The predicted octanol–water partition coefficient (Wildman–Crippen LogP) is 3.61. The summed E-state index contributed by atoms with van der Waals surface area (Å²) in [4.78, 5) is 22.7. The van der Waals surface area contributed by atoms with Crippen LogP contribution in [-0.2, 0) is 0 Å². The maximum absolute atomic E-state index is 13.7. The molecule has 0 aliphatic carbocycles. The fourth-order valence-corrected chi connectivity index (χ4v) is 2.16. The molecule has 0 fully saturated rings. The highest BCUT2D eigenvalue weighted by atomic mass is 19.1. The molecule has 0 atom stereocenters. The van der Waals surface area contributed by atoms with Crippen molar-refractivity contribution in [3.63, 3.8) is 0 Å². The summed E-state index contributed by atoms with van der Waals surface area (Å²) in [6.45, 7) is 5.94. The van der Waals surface area contributed by atoms with E-state index in [2.05, 4.69) is 10.6 Å². The molecule has 3 N–H and O–H groups in total. The summed E-state index contributed by atoms with van der Waals surface area (Å²) in [6.07, 6.45) is 2.32. The Morgan fingerprint density at radius 2 is 1.76 bits per heavy atom. The maximum Gasteiger partial charge on any atom is 0.335 e. The quantitative estimate of drug-likeness (QED) is 0.750. The van der Waals surface area contributed by atoms with Crippen LogP contribution < -0.4 is 10.6 Å². The molecule has 0 spiro atoms. The van der Waals surface area contributed by atoms with Crippen LogP contribution in [-0.4, -0.2) is 22.6 Å². The minimum Gasteiger partial charge on any atom is -0.478 e. The average molecular weight is 296 g/mol. The first kappa shape index (κ1) is 16.9. The summed E-state index contributed by atoms with van der Waals surface area (Å²) in [5.41, 5.74) is -0.528. The van der Waals surface area contributed by atoms with Gasteiger partial charge in [0.25, 0.3) is 0 Å². The van der Waals surface area contributed by atoms with Gasteiger partial charge in [-0.3, -0.25) is 0 Å². The van der Waals surface area contributed by atoms with Crippen LogP contribution >= 0.6 is 0 Å². The van der Waals surface area contributed by atoms with Gasteiger partial charge in [0, 0.05) is 5.54 Å². The highest BCUT2D eigenvalue weighted by Gasteiger charge is 2.26. The van der Waals surface area contributed by atoms with Crippen molar-refractivity contribution in [1.29, 1.82) is 0 Å². The van der Waals surface area contributed by atoms with Crippen molar-refractivity contribution >= 4 is 17.7 Å². The molecular weight excluding hydrogens is 275 g/mol. The number of anilines is 1. The lowest BCUT2D eigenvalue weighted by molar-refractivity contribution is 0.0696. The molecular formula is C15H21FN2O3. The Labute approximate surface area is 123 Å². The SMILES string of the molecule is CCC(CC)(CC)NC(=O)Nc1ccc(C(=O)O)cc1F. The molecule has 0 radical (unpaired) electrons. The van der Waals surface area contributed by atoms with E-state index < -0.39 is 17.8 Å². The van der Waals surface area contributed by atoms with E-state index >= 15 is 0 Å². The molecule has 21 heavy (non-hydrogen) atoms. The molecule has 0 unspecified atom stereocenters. The third-order valence-electron chi connectivity index (χ3n) is 3.87. The van der Waals surface area contributed by atoms with Crippen molar-refractivity contribution < 1.29 is 19.1 Å². The van der Waals surface area contributed by atoms with E-state index in [0.29, 0.717) is 0 Å². The third-order valence-corrected chi connectivity index (χ3v) is 3.87. The molecule has 0 saturated carbocycles. The number of aromatic carboxylic acids is 1. The fraction of sp³-hybridized carbons (Fsp3) is 0.467. The standard InChI is InChI=1S/C15H21FN2O3/c1-4-15(5-2,6-3)18-14(21)17-12-8-7-10(13(19)20)9-11(12)16/h7-9H,4-6H2,1-3H3,(H,19,20)(H2,17,18,21). The lowest BCUT2D eigenvalue weighted by Crippen LogP contribution is -2.48. The summed E-state index contributed by atoms with van der Waals surface area (Å²) in [6, 6.07) is 2.87. The summed E-state index contributed by atoms with van der Waals surface area (Å²) in [5.74, 6) is -1.99. The summed E-state index contributed by atoms with van der Waals surface area (Å²) >= 11 is 0. The lowest BCUT2D eigenvalue weighted by Gasteiger charge is -2.31. The van der Waals surface area contributed by atoms with Gasteiger partial charge in [-0.25, -0.2) is 14.0 Å². The Morgan fingerprint density at radius 1 is 1.19 bits per heavy atom. The monoisotopic (exact) mass is 296 g/mol. The number of halogens is 1. The molecule has 2 amide bonds. The number of carbonyl (C=O) groups excluding carboxylic acids is 1. The van der Waals surface area contributed by atoms with Gasteiger partial charge in [0.15, 0.2) is 0 Å². The molecule has 1 aromatic rings. The number of hydrogen-bond acceptors (Lipinski definition) is 2. The first-order valence-electron chi connectivity index (χ1n) is 6.99. The van der Waals surface area contributed by atoms with Gasteiger partial charge in [0.05, 0.1) is 11.3 Å². The molecule has 0 aromatic heterocycles. The van der Waals surface area contributed by atoms with E-state index in [4.69, 9.17) is 5.11 Å². The first-order valence-corrected chi connectivity index (χ1v) is 6.99. The normalized spacial score (nSPS) is 11.0. The van der Waals surface area contributed by atoms with Crippen LogP contribution in [0.25, 0.3) is 0 Å². The van der Waals surface area contributed by atoms with Crippen molar-refractivity contribution in [2.45, 2.75) is 45.6 Å². The van der Waals surface area contributed by atoms with Gasteiger partial charge >= 0.3 is 12.0 Å². The van der Waals surface area contributed by atoms with Crippen LogP contribution in [0.2, 0.25) is 0 Å². The third kappa shape index (κ3) is 4.18. The van der Waals surface area contributed by atoms with Crippen molar-refractivity contribution in [3.05, 3.63) is 29.6 Å². The van der Waals surface area contributed by atoms with Gasteiger partial charge in [-0.05, 0) is 37.5 Å². The molecule has 5 nitrogen and oxygen atoms in total. The number of carboxylic acid groups (broad SMARTS) is 1. The van der Waals surface area contributed by atoms with Crippen molar-refractivity contribution in [1.82, 2.24) is 5.32 Å². The number of benzene rings is 1. The van der Waals surface area contributed by atoms with Crippen LogP contribution in [0.3, 0.4) is 0 Å². The van der Waals surface area contributed by atoms with Crippen LogP contribution in [0.4, 0.5) is 14.9 Å². The van der Waals surface area contributed by atoms with Gasteiger partial charge in [-0.1, -0.05) is 20.8 Å². The Kier molecular flexibility index (Phi) is 5.69. The molecule has 0 saturated heterocycles. The Morgan fingerprint density at radius 3 is 2.19 bits per heavy atom. The van der Waals surface area contributed by atoms with E-state index in [1.54, 1.807) is 0 Å². The first-order chi connectivity index (χ1) is 9.87. The molecule has 116 valence electrons. The van der Waals surface area contributed by atoms with Crippen molar-refractivity contribution in [2.75, 3.05) is 5.32 Å². The molecule has 0 bridgehead atoms. The molecule has 0 aliphatic rings. The zero-order valence-corrected chi connectivity index (χ0v) is 12.5. The maximum atomic E-state index is 13.7. The van der Waals surface area contributed by atoms with Crippen LogP contribution in [0, 0.1) is 5.82 Å². The number of carbonyl (C=O) groups is 2. The van der Waals surface area contributed by atoms with E-state index in [0.717, 1.165) is 25.3 Å². The number of amides is 2. The largest absolute Gasteiger partial charge is 0.478 e. The second-order valence-corrected chi connectivity index (χ2v) is 4.92. The van der Waals surface area contributed by atoms with Crippen LogP contribution in [0.5, 0.6) is 0 Å². The minimum absolute atomic E-state index is 0.0466. The van der Waals surface area contributed by atoms with Gasteiger partial charge in [-0.15, -0.1) is 0 Å². The van der Waals surface area contributed by atoms with Crippen molar-refractivity contribution in [2.24, 2.45) is 0 Å². The highest BCUT2D eigenvalue weighted by Crippen LogP contribution is 2.20. The van der Waals surface area contributed by atoms with E-state index in [9.17, 15) is 14.0 Å². The molecule has 1 rings (SSSR count). The Bertz CT molecular complexity index is 519. The average Bonchev–Trinajstić information content (AvgIpc) is 2.47. The zero-order chi connectivity index (χ0) is 16.0. The number of carboxylic acids is 1. The number of urea groups is 1. The van der Waals surface area contributed by atoms with E-state index in [-0.39, 0.29) is 16.8 Å². The van der Waals surface area contributed by atoms with Gasteiger partial charge < -0.3 is 15.7 Å². The Hall–Kier alpha value is -2.11. The summed E-state index contributed by atoms with van der Waals surface area (Å²) < 4.78 is 13.7. The molecule has 1 aromatic carbocycles.